The molecule has 9 heteroatoms. The molecule has 2 aromatic carbocycles. The number of hydrogen-bond acceptors (Lipinski definition) is 6. The molecule has 0 unspecified atom stereocenters. The fraction of sp³-hybridized carbons (Fsp3) is 0.0588. The third-order valence-corrected chi connectivity index (χ3v) is 3.97. The van der Waals surface area contributed by atoms with Gasteiger partial charge in [0.25, 0.3) is 0 Å². The molecule has 0 aliphatic heterocycles. The van der Waals surface area contributed by atoms with Gasteiger partial charge in [-0.15, -0.1) is 0 Å². The van der Waals surface area contributed by atoms with Crippen LogP contribution in [0.15, 0.2) is 58.6 Å². The number of hydrogen-bond donors (Lipinski definition) is 2. The van der Waals surface area contributed by atoms with Crippen LogP contribution in [0.5, 0.6) is 5.75 Å². The minimum Gasteiger partial charge on any atom is -0.489 e. The van der Waals surface area contributed by atoms with Crippen molar-refractivity contribution >= 4 is 35.2 Å². The van der Waals surface area contributed by atoms with E-state index >= 15 is 0 Å². The van der Waals surface area contributed by atoms with Gasteiger partial charge in [-0.2, -0.15) is 15.2 Å². The van der Waals surface area contributed by atoms with E-state index in [1.807, 2.05) is 30.3 Å². The molecule has 0 atom stereocenters. The van der Waals surface area contributed by atoms with Crippen LogP contribution >= 0.6 is 23.2 Å². The number of ether oxygens (including phenoxy) is 1. The highest BCUT2D eigenvalue weighted by atomic mass is 35.5. The molecular weight excluding hydrogens is 377 g/mol. The molecular formula is C17H13Cl2N5O2. The molecule has 0 bridgehead atoms. The Balaban J connectivity index is 1.55. The Hall–Kier alpha value is -2.90. The molecule has 0 spiro atoms. The van der Waals surface area contributed by atoms with Crippen molar-refractivity contribution in [3.8, 4) is 5.75 Å². The molecule has 0 saturated heterocycles. The lowest BCUT2D eigenvalue weighted by atomic mass is 10.2. The van der Waals surface area contributed by atoms with Crippen molar-refractivity contribution < 1.29 is 4.74 Å². The van der Waals surface area contributed by atoms with Gasteiger partial charge in [0.15, 0.2) is 5.82 Å². The van der Waals surface area contributed by atoms with Crippen LogP contribution in [0.2, 0.25) is 10.0 Å². The minimum absolute atomic E-state index is 0.256. The molecule has 1 aromatic heterocycles. The van der Waals surface area contributed by atoms with Gasteiger partial charge in [-0.05, 0) is 47.5 Å². The van der Waals surface area contributed by atoms with E-state index in [2.05, 4.69) is 25.7 Å². The summed E-state index contributed by atoms with van der Waals surface area (Å²) in [5.41, 5.74) is 3.85. The summed E-state index contributed by atoms with van der Waals surface area (Å²) in [5, 5.41) is 10.8. The zero-order valence-electron chi connectivity index (χ0n) is 13.3. The molecule has 0 saturated carbocycles. The average Bonchev–Trinajstić information content (AvgIpc) is 2.64. The van der Waals surface area contributed by atoms with E-state index in [0.29, 0.717) is 22.4 Å². The fourth-order valence-electron chi connectivity index (χ4n) is 1.98. The lowest BCUT2D eigenvalue weighted by molar-refractivity contribution is 0.306. The minimum atomic E-state index is -0.548. The standard InChI is InChI=1S/C17H13Cl2N5O2/c18-14-6-3-12(7-15(14)19)10-26-13-4-1-11(2-5-13)8-20-23-16-9-21-24-17(25)22-16/h1-9H,10H2,(H2,22,23,24,25)/b20-8+. The van der Waals surface area contributed by atoms with Gasteiger partial charge in [0.1, 0.15) is 12.4 Å². The number of nitrogens with zero attached hydrogens (tertiary/aromatic N) is 3. The van der Waals surface area contributed by atoms with Crippen LogP contribution in [0, 0.1) is 0 Å². The Morgan fingerprint density at radius 3 is 2.69 bits per heavy atom. The van der Waals surface area contributed by atoms with Crippen molar-refractivity contribution in [3.05, 3.63) is 80.3 Å². The van der Waals surface area contributed by atoms with Crippen molar-refractivity contribution in [3.63, 3.8) is 0 Å². The summed E-state index contributed by atoms with van der Waals surface area (Å²) in [7, 11) is 0. The second-order valence-electron chi connectivity index (χ2n) is 5.15. The predicted molar refractivity (Wildman–Crippen MR) is 101 cm³/mol. The smallest absolute Gasteiger partial charge is 0.363 e. The Labute approximate surface area is 158 Å². The van der Waals surface area contributed by atoms with Crippen LogP contribution in [0.25, 0.3) is 0 Å². The number of nitrogens with one attached hydrogen (secondary N) is 2. The van der Waals surface area contributed by atoms with E-state index in [4.69, 9.17) is 27.9 Å². The summed E-state index contributed by atoms with van der Waals surface area (Å²) in [6, 6.07) is 12.7. The molecule has 7 nitrogen and oxygen atoms in total. The van der Waals surface area contributed by atoms with Gasteiger partial charge in [0, 0.05) is 0 Å². The Morgan fingerprint density at radius 2 is 1.96 bits per heavy atom. The summed E-state index contributed by atoms with van der Waals surface area (Å²) < 4.78 is 5.71. The Morgan fingerprint density at radius 1 is 1.15 bits per heavy atom. The second-order valence-corrected chi connectivity index (χ2v) is 5.96. The van der Waals surface area contributed by atoms with E-state index < -0.39 is 5.69 Å². The quantitative estimate of drug-likeness (QED) is 0.497. The van der Waals surface area contributed by atoms with Gasteiger partial charge < -0.3 is 4.74 Å². The first-order chi connectivity index (χ1) is 12.6. The highest BCUT2D eigenvalue weighted by Gasteiger charge is 2.01. The molecule has 0 radical (unpaired) electrons. The van der Waals surface area contributed by atoms with Crippen molar-refractivity contribution in [2.45, 2.75) is 6.61 Å². The van der Waals surface area contributed by atoms with Gasteiger partial charge >= 0.3 is 5.69 Å². The first kappa shape index (κ1) is 17.9. The maximum atomic E-state index is 11.0. The highest BCUT2D eigenvalue weighted by molar-refractivity contribution is 6.42. The lowest BCUT2D eigenvalue weighted by Gasteiger charge is -2.07. The zero-order chi connectivity index (χ0) is 18.4. The third kappa shape index (κ3) is 5.05. The number of anilines is 1. The highest BCUT2D eigenvalue weighted by Crippen LogP contribution is 2.23. The Bertz CT molecular complexity index is 973. The summed E-state index contributed by atoms with van der Waals surface area (Å²) in [6.45, 7) is 0.382. The van der Waals surface area contributed by atoms with Crippen LogP contribution in [-0.2, 0) is 6.61 Å². The fourth-order valence-corrected chi connectivity index (χ4v) is 2.31. The number of hydrazone groups is 1. The summed E-state index contributed by atoms with van der Waals surface area (Å²) in [4.78, 5) is 14.7. The number of benzene rings is 2. The van der Waals surface area contributed by atoms with Gasteiger partial charge in [-0.3, -0.25) is 5.43 Å². The number of rotatable bonds is 6. The molecule has 3 rings (SSSR count). The average molecular weight is 390 g/mol. The number of aromatic nitrogens is 3. The maximum Gasteiger partial charge on any atom is 0.363 e. The molecule has 0 amide bonds. The lowest BCUT2D eigenvalue weighted by Crippen LogP contribution is -2.13. The van der Waals surface area contributed by atoms with Gasteiger partial charge in [0.2, 0.25) is 0 Å². The van der Waals surface area contributed by atoms with Crippen LogP contribution in [-0.4, -0.2) is 21.4 Å². The summed E-state index contributed by atoms with van der Waals surface area (Å²) >= 11 is 11.9. The Kier molecular flexibility index (Phi) is 5.83. The van der Waals surface area contributed by atoms with Crippen molar-refractivity contribution in [1.82, 2.24) is 15.2 Å². The molecule has 0 fully saturated rings. The first-order valence-corrected chi connectivity index (χ1v) is 8.23. The van der Waals surface area contributed by atoms with E-state index in [1.165, 1.54) is 6.20 Å². The molecule has 3 aromatic rings. The van der Waals surface area contributed by atoms with Gasteiger partial charge in [-0.1, -0.05) is 29.3 Å². The SMILES string of the molecule is O=c1nc(N/N=C/c2ccc(OCc3ccc(Cl)c(Cl)c3)cc2)cn[nH]1. The van der Waals surface area contributed by atoms with Gasteiger partial charge in [-0.25, -0.2) is 9.89 Å². The summed E-state index contributed by atoms with van der Waals surface area (Å²) in [5.74, 6) is 0.966. The largest absolute Gasteiger partial charge is 0.489 e. The molecule has 2 N–H and O–H groups in total. The normalized spacial score (nSPS) is 10.8. The van der Waals surface area contributed by atoms with Crippen LogP contribution < -0.4 is 15.9 Å². The predicted octanol–water partition coefficient (Wildman–Crippen LogP) is 3.50. The van der Waals surface area contributed by atoms with E-state index in [0.717, 1.165) is 11.1 Å². The van der Waals surface area contributed by atoms with E-state index in [1.54, 1.807) is 18.3 Å². The molecule has 0 aliphatic rings. The molecule has 1 heterocycles. The van der Waals surface area contributed by atoms with E-state index in [-0.39, 0.29) is 5.82 Å². The second kappa shape index (κ2) is 8.46. The number of aromatic amines is 1. The first-order valence-electron chi connectivity index (χ1n) is 7.48. The number of halogens is 2. The summed E-state index contributed by atoms with van der Waals surface area (Å²) in [6.07, 6.45) is 2.95. The van der Waals surface area contributed by atoms with Crippen LogP contribution in [0.3, 0.4) is 0 Å². The zero-order valence-corrected chi connectivity index (χ0v) is 14.8. The third-order valence-electron chi connectivity index (χ3n) is 3.23. The van der Waals surface area contributed by atoms with Gasteiger partial charge in [0.05, 0.1) is 22.5 Å². The van der Waals surface area contributed by atoms with Crippen LogP contribution in [0.4, 0.5) is 5.82 Å². The van der Waals surface area contributed by atoms with Crippen LogP contribution in [0.1, 0.15) is 11.1 Å². The van der Waals surface area contributed by atoms with Crippen molar-refractivity contribution in [2.24, 2.45) is 5.10 Å². The molecule has 26 heavy (non-hydrogen) atoms. The van der Waals surface area contributed by atoms with E-state index in [9.17, 15) is 4.79 Å². The van der Waals surface area contributed by atoms with Crippen molar-refractivity contribution in [2.75, 3.05) is 5.43 Å². The monoisotopic (exact) mass is 389 g/mol. The molecule has 0 aliphatic carbocycles. The number of H-pyrrole nitrogens is 1. The topological polar surface area (TPSA) is 92.3 Å². The molecule has 132 valence electrons. The maximum absolute atomic E-state index is 11.0. The van der Waals surface area contributed by atoms with Crippen molar-refractivity contribution in [1.29, 1.82) is 0 Å².